The predicted molar refractivity (Wildman–Crippen MR) is 141 cm³/mol. The van der Waals surface area contributed by atoms with E-state index in [0.29, 0.717) is 24.7 Å². The predicted octanol–water partition coefficient (Wildman–Crippen LogP) is 7.51. The molecule has 32 heavy (non-hydrogen) atoms. The average Bonchev–Trinajstić information content (AvgIpc) is 2.70. The highest BCUT2D eigenvalue weighted by Crippen LogP contribution is 2.08. The van der Waals surface area contributed by atoms with Crippen molar-refractivity contribution in [3.8, 4) is 0 Å². The lowest BCUT2D eigenvalue weighted by atomic mass is 10.1. The largest absolute Gasteiger partial charge is 0.356 e. The fourth-order valence-corrected chi connectivity index (χ4v) is 3.18. The van der Waals surface area contributed by atoms with E-state index in [1.54, 1.807) is 0 Å². The molecule has 0 aliphatic rings. The van der Waals surface area contributed by atoms with Crippen molar-refractivity contribution >= 4 is 11.8 Å². The summed E-state index contributed by atoms with van der Waals surface area (Å²) in [5.74, 6) is 3.30. The summed E-state index contributed by atoms with van der Waals surface area (Å²) in [6.45, 7) is 19.4. The summed E-state index contributed by atoms with van der Waals surface area (Å²) >= 11 is 0. The minimum Gasteiger partial charge on any atom is -0.356 e. The first kappa shape index (κ1) is 33.1. The number of nitrogens with one attached hydrogen (secondary N) is 2. The van der Waals surface area contributed by atoms with Gasteiger partial charge in [0.15, 0.2) is 0 Å². The molecule has 2 amide bonds. The van der Waals surface area contributed by atoms with Crippen LogP contribution >= 0.6 is 0 Å². The zero-order valence-corrected chi connectivity index (χ0v) is 23.0. The fraction of sp³-hybridized carbons (Fsp3) is 0.929. The van der Waals surface area contributed by atoms with Gasteiger partial charge in [-0.15, -0.1) is 0 Å². The minimum atomic E-state index is 0.220. The highest BCUT2D eigenvalue weighted by atomic mass is 16.2. The zero-order chi connectivity index (χ0) is 24.8. The van der Waals surface area contributed by atoms with Gasteiger partial charge in [-0.25, -0.2) is 0 Å². The second kappa shape index (κ2) is 23.1. The first-order chi connectivity index (χ1) is 15.0. The molecule has 0 fully saturated rings. The van der Waals surface area contributed by atoms with E-state index < -0.39 is 0 Å². The van der Waals surface area contributed by atoms with E-state index in [2.05, 4.69) is 66.0 Å². The molecule has 0 rings (SSSR count). The van der Waals surface area contributed by atoms with Gasteiger partial charge in [0.1, 0.15) is 0 Å². The smallest absolute Gasteiger partial charge is 0.220 e. The van der Waals surface area contributed by atoms with Gasteiger partial charge in [0.05, 0.1) is 0 Å². The third-order valence-electron chi connectivity index (χ3n) is 5.46. The maximum atomic E-state index is 11.4. The Balaban J connectivity index is 0. The molecule has 4 nitrogen and oxygen atoms in total. The van der Waals surface area contributed by atoms with Crippen molar-refractivity contribution in [2.24, 2.45) is 23.7 Å². The van der Waals surface area contributed by atoms with E-state index in [1.807, 2.05) is 0 Å². The Morgan fingerprint density at radius 2 is 0.781 bits per heavy atom. The molecular formula is C28H58N2O2. The van der Waals surface area contributed by atoms with Crippen LogP contribution in [0.4, 0.5) is 0 Å². The molecular weight excluding hydrogens is 396 g/mol. The van der Waals surface area contributed by atoms with E-state index in [0.717, 1.165) is 50.6 Å². The number of unbranched alkanes of at least 4 members (excludes halogenated alkanes) is 4. The third kappa shape index (κ3) is 31.1. The minimum absolute atomic E-state index is 0.220. The van der Waals surface area contributed by atoms with E-state index in [4.69, 9.17) is 0 Å². The molecule has 0 aliphatic carbocycles. The summed E-state index contributed by atoms with van der Waals surface area (Å²) in [4.78, 5) is 22.8. The van der Waals surface area contributed by atoms with Gasteiger partial charge in [-0.2, -0.15) is 0 Å². The Morgan fingerprint density at radius 3 is 1.06 bits per heavy atom. The van der Waals surface area contributed by atoms with Gasteiger partial charge in [0.2, 0.25) is 11.8 Å². The lowest BCUT2D eigenvalue weighted by Crippen LogP contribution is -2.24. The van der Waals surface area contributed by atoms with Crippen molar-refractivity contribution in [1.29, 1.82) is 0 Å². The molecule has 0 unspecified atom stereocenters. The van der Waals surface area contributed by atoms with Gasteiger partial charge in [-0.3, -0.25) is 9.59 Å². The van der Waals surface area contributed by atoms with Gasteiger partial charge < -0.3 is 10.6 Å². The Kier molecular flexibility index (Phi) is 23.9. The number of carbonyl (C=O) groups is 2. The molecule has 0 aromatic heterocycles. The molecule has 0 heterocycles. The van der Waals surface area contributed by atoms with Crippen LogP contribution in [0, 0.1) is 23.7 Å². The molecule has 4 heteroatoms. The monoisotopic (exact) mass is 454 g/mol. The summed E-state index contributed by atoms with van der Waals surface area (Å²) in [7, 11) is 0. The lowest BCUT2D eigenvalue weighted by Gasteiger charge is -2.07. The van der Waals surface area contributed by atoms with Crippen LogP contribution in [0.25, 0.3) is 0 Å². The topological polar surface area (TPSA) is 58.2 Å². The molecule has 0 aromatic rings. The van der Waals surface area contributed by atoms with Crippen molar-refractivity contribution in [2.75, 3.05) is 13.1 Å². The molecule has 0 radical (unpaired) electrons. The van der Waals surface area contributed by atoms with Crippen molar-refractivity contribution in [1.82, 2.24) is 10.6 Å². The Morgan fingerprint density at radius 1 is 0.469 bits per heavy atom. The van der Waals surface area contributed by atoms with E-state index in [-0.39, 0.29) is 11.8 Å². The zero-order valence-electron chi connectivity index (χ0n) is 23.0. The van der Waals surface area contributed by atoms with Crippen molar-refractivity contribution in [2.45, 2.75) is 132 Å². The van der Waals surface area contributed by atoms with Gasteiger partial charge in [-0.1, -0.05) is 93.9 Å². The molecule has 0 atom stereocenters. The Labute approximate surface area is 201 Å². The number of hydrogen-bond acceptors (Lipinski definition) is 2. The van der Waals surface area contributed by atoms with E-state index >= 15 is 0 Å². The third-order valence-corrected chi connectivity index (χ3v) is 5.46. The molecule has 0 saturated carbocycles. The van der Waals surface area contributed by atoms with Gasteiger partial charge in [-0.05, 0) is 49.4 Å². The van der Waals surface area contributed by atoms with Gasteiger partial charge in [0.25, 0.3) is 0 Å². The Hall–Kier alpha value is -1.06. The van der Waals surface area contributed by atoms with Gasteiger partial charge in [0, 0.05) is 25.9 Å². The highest BCUT2D eigenvalue weighted by Gasteiger charge is 2.03. The number of hydrogen-bond donors (Lipinski definition) is 2. The Bertz CT molecular complexity index is 391. The molecule has 0 saturated heterocycles. The standard InChI is InChI=1S/2C14H29NO/c2*1-12(2)8-6-5-7-11-15-14(16)10-9-13(3)4/h2*12-13H,5-11H2,1-4H3,(H,15,16). The van der Waals surface area contributed by atoms with Crippen molar-refractivity contribution < 1.29 is 9.59 Å². The quantitative estimate of drug-likeness (QED) is 0.210. The fourth-order valence-electron chi connectivity index (χ4n) is 3.18. The van der Waals surface area contributed by atoms with Crippen LogP contribution in [0.5, 0.6) is 0 Å². The molecule has 0 spiro atoms. The van der Waals surface area contributed by atoms with Crippen molar-refractivity contribution in [3.05, 3.63) is 0 Å². The highest BCUT2D eigenvalue weighted by molar-refractivity contribution is 5.76. The molecule has 0 aromatic carbocycles. The first-order valence-electron chi connectivity index (χ1n) is 13.6. The van der Waals surface area contributed by atoms with E-state index in [9.17, 15) is 9.59 Å². The second-order valence-corrected chi connectivity index (χ2v) is 11.1. The average molecular weight is 455 g/mol. The van der Waals surface area contributed by atoms with Crippen LogP contribution < -0.4 is 10.6 Å². The maximum absolute atomic E-state index is 11.4. The first-order valence-corrected chi connectivity index (χ1v) is 13.6. The summed E-state index contributed by atoms with van der Waals surface area (Å²) in [6.07, 6.45) is 13.3. The number of rotatable bonds is 18. The van der Waals surface area contributed by atoms with Gasteiger partial charge >= 0.3 is 0 Å². The SMILES string of the molecule is CC(C)CCCCCNC(=O)CCC(C)C.CC(C)CCCCCNC(=O)CCC(C)C. The summed E-state index contributed by atoms with van der Waals surface area (Å²) in [6, 6.07) is 0. The lowest BCUT2D eigenvalue weighted by molar-refractivity contribution is -0.122. The second-order valence-electron chi connectivity index (χ2n) is 11.1. The van der Waals surface area contributed by atoms with Crippen molar-refractivity contribution in [3.63, 3.8) is 0 Å². The van der Waals surface area contributed by atoms with E-state index in [1.165, 1.54) is 38.5 Å². The molecule has 192 valence electrons. The summed E-state index contributed by atoms with van der Waals surface area (Å²) in [5.41, 5.74) is 0. The summed E-state index contributed by atoms with van der Waals surface area (Å²) < 4.78 is 0. The van der Waals surface area contributed by atoms with Crippen LogP contribution in [0.3, 0.4) is 0 Å². The van der Waals surface area contributed by atoms with Crippen LogP contribution in [0.1, 0.15) is 132 Å². The molecule has 0 aliphatic heterocycles. The van der Waals surface area contributed by atoms with Crippen LogP contribution in [-0.2, 0) is 9.59 Å². The summed E-state index contributed by atoms with van der Waals surface area (Å²) in [5, 5.41) is 5.97. The number of amides is 2. The van der Waals surface area contributed by atoms with Crippen LogP contribution in [0.2, 0.25) is 0 Å². The normalized spacial score (nSPS) is 11.1. The maximum Gasteiger partial charge on any atom is 0.220 e. The molecule has 0 bridgehead atoms. The van der Waals surface area contributed by atoms with Crippen LogP contribution in [-0.4, -0.2) is 24.9 Å². The molecule has 2 N–H and O–H groups in total. The number of carbonyl (C=O) groups excluding carboxylic acids is 2. The van der Waals surface area contributed by atoms with Crippen LogP contribution in [0.15, 0.2) is 0 Å².